The third kappa shape index (κ3) is 4.40. The number of hydrogen-bond donors (Lipinski definition) is 1. The highest BCUT2D eigenvalue weighted by Gasteiger charge is 2.11. The van der Waals surface area contributed by atoms with Gasteiger partial charge in [0.25, 0.3) is 0 Å². The predicted octanol–water partition coefficient (Wildman–Crippen LogP) is 3.73. The molecule has 0 saturated heterocycles. The van der Waals surface area contributed by atoms with E-state index in [9.17, 15) is 4.39 Å². The summed E-state index contributed by atoms with van der Waals surface area (Å²) in [5.74, 6) is 0.686. The van der Waals surface area contributed by atoms with Gasteiger partial charge < -0.3 is 9.73 Å². The molecule has 1 aromatic carbocycles. The molecule has 2 aromatic rings. The highest BCUT2D eigenvalue weighted by atomic mass is 32.2. The highest BCUT2D eigenvalue weighted by Crippen LogP contribution is 2.22. The van der Waals surface area contributed by atoms with Crippen molar-refractivity contribution in [3.8, 4) is 0 Å². The Hall–Kier alpha value is -1.26. The maximum Gasteiger partial charge on any atom is 0.136 e. The Kier molecular flexibility index (Phi) is 5.48. The minimum atomic E-state index is -0.147. The molecule has 0 amide bonds. The third-order valence-corrected chi connectivity index (χ3v) is 4.04. The SMILES string of the molecule is CCNC(CSc1ccccc1F)Cc1ccoc1. The Bertz CT molecular complexity index is 487. The molecule has 0 aliphatic rings. The normalized spacial score (nSPS) is 12.5. The van der Waals surface area contributed by atoms with Gasteiger partial charge in [-0.1, -0.05) is 19.1 Å². The van der Waals surface area contributed by atoms with E-state index in [4.69, 9.17) is 4.42 Å². The first-order valence-electron chi connectivity index (χ1n) is 6.41. The second-order valence-electron chi connectivity index (χ2n) is 4.33. The highest BCUT2D eigenvalue weighted by molar-refractivity contribution is 7.99. The molecule has 1 unspecified atom stereocenters. The van der Waals surface area contributed by atoms with Gasteiger partial charge >= 0.3 is 0 Å². The minimum absolute atomic E-state index is 0.147. The number of benzene rings is 1. The summed E-state index contributed by atoms with van der Waals surface area (Å²) in [5, 5.41) is 3.43. The van der Waals surface area contributed by atoms with Crippen LogP contribution in [0, 0.1) is 5.82 Å². The fraction of sp³-hybridized carbons (Fsp3) is 0.333. The van der Waals surface area contributed by atoms with Crippen LogP contribution in [0.2, 0.25) is 0 Å². The molecule has 2 rings (SSSR count). The van der Waals surface area contributed by atoms with E-state index in [1.807, 2.05) is 18.2 Å². The smallest absolute Gasteiger partial charge is 0.136 e. The zero-order valence-electron chi connectivity index (χ0n) is 10.9. The van der Waals surface area contributed by atoms with Crippen LogP contribution in [0.3, 0.4) is 0 Å². The maximum absolute atomic E-state index is 13.5. The number of nitrogens with one attached hydrogen (secondary N) is 1. The quantitative estimate of drug-likeness (QED) is 0.782. The lowest BCUT2D eigenvalue weighted by atomic mass is 10.1. The van der Waals surface area contributed by atoms with E-state index in [-0.39, 0.29) is 5.82 Å². The molecule has 0 aliphatic heterocycles. The molecule has 1 N–H and O–H groups in total. The number of furan rings is 1. The molecule has 1 aromatic heterocycles. The number of hydrogen-bond acceptors (Lipinski definition) is 3. The van der Waals surface area contributed by atoms with Crippen LogP contribution in [0.25, 0.3) is 0 Å². The molecular formula is C15H18FNOS. The first-order chi connectivity index (χ1) is 9.29. The van der Waals surface area contributed by atoms with Gasteiger partial charge in [0.05, 0.1) is 12.5 Å². The summed E-state index contributed by atoms with van der Waals surface area (Å²) in [5.41, 5.74) is 1.17. The van der Waals surface area contributed by atoms with Crippen molar-refractivity contribution in [2.75, 3.05) is 12.3 Å². The zero-order chi connectivity index (χ0) is 13.5. The molecule has 0 fully saturated rings. The molecule has 0 spiro atoms. The Morgan fingerprint density at radius 3 is 2.84 bits per heavy atom. The van der Waals surface area contributed by atoms with Crippen LogP contribution in [0.15, 0.2) is 52.2 Å². The average Bonchev–Trinajstić information content (AvgIpc) is 2.91. The Morgan fingerprint density at radius 2 is 2.16 bits per heavy atom. The van der Waals surface area contributed by atoms with E-state index in [0.29, 0.717) is 10.9 Å². The number of likely N-dealkylation sites (N-methyl/N-ethyl adjacent to an activating group) is 1. The van der Waals surface area contributed by atoms with E-state index < -0.39 is 0 Å². The summed E-state index contributed by atoms with van der Waals surface area (Å²) < 4.78 is 18.6. The van der Waals surface area contributed by atoms with Crippen molar-refractivity contribution in [1.29, 1.82) is 0 Å². The topological polar surface area (TPSA) is 25.2 Å². The Morgan fingerprint density at radius 1 is 1.32 bits per heavy atom. The largest absolute Gasteiger partial charge is 0.472 e. The van der Waals surface area contributed by atoms with Crippen LogP contribution in [-0.4, -0.2) is 18.3 Å². The fourth-order valence-electron chi connectivity index (χ4n) is 1.92. The van der Waals surface area contributed by atoms with Crippen LogP contribution >= 0.6 is 11.8 Å². The predicted molar refractivity (Wildman–Crippen MR) is 77.0 cm³/mol. The molecular weight excluding hydrogens is 261 g/mol. The van der Waals surface area contributed by atoms with Gasteiger partial charge in [-0.3, -0.25) is 0 Å². The average molecular weight is 279 g/mol. The van der Waals surface area contributed by atoms with Gasteiger partial charge in [-0.05, 0) is 36.7 Å². The number of rotatable bonds is 7. The van der Waals surface area contributed by atoms with Gasteiger partial charge in [0.15, 0.2) is 0 Å². The van der Waals surface area contributed by atoms with Crippen molar-refractivity contribution >= 4 is 11.8 Å². The first-order valence-corrected chi connectivity index (χ1v) is 7.40. The summed E-state index contributed by atoms with van der Waals surface area (Å²) in [7, 11) is 0. The Balaban J connectivity index is 1.91. The summed E-state index contributed by atoms with van der Waals surface area (Å²) >= 11 is 1.55. The van der Waals surface area contributed by atoms with E-state index in [2.05, 4.69) is 12.2 Å². The molecule has 0 radical (unpaired) electrons. The molecule has 0 bridgehead atoms. The Labute approximate surface area is 117 Å². The molecule has 102 valence electrons. The summed E-state index contributed by atoms with van der Waals surface area (Å²) in [4.78, 5) is 0.706. The maximum atomic E-state index is 13.5. The fourth-order valence-corrected chi connectivity index (χ4v) is 2.92. The van der Waals surface area contributed by atoms with Gasteiger partial charge in [-0.25, -0.2) is 4.39 Å². The molecule has 2 nitrogen and oxygen atoms in total. The third-order valence-electron chi connectivity index (χ3n) is 2.83. The summed E-state index contributed by atoms with van der Waals surface area (Å²) in [6, 6.07) is 9.18. The van der Waals surface area contributed by atoms with Crippen LogP contribution in [0.1, 0.15) is 12.5 Å². The van der Waals surface area contributed by atoms with Crippen LogP contribution in [0.4, 0.5) is 4.39 Å². The second kappa shape index (κ2) is 7.36. The van der Waals surface area contributed by atoms with Crippen LogP contribution in [0.5, 0.6) is 0 Å². The number of thioether (sulfide) groups is 1. The van der Waals surface area contributed by atoms with E-state index in [1.54, 1.807) is 30.4 Å². The van der Waals surface area contributed by atoms with Crippen molar-refractivity contribution in [1.82, 2.24) is 5.32 Å². The lowest BCUT2D eigenvalue weighted by Crippen LogP contribution is -2.33. The first kappa shape index (κ1) is 14.2. The van der Waals surface area contributed by atoms with E-state index in [0.717, 1.165) is 18.7 Å². The molecule has 19 heavy (non-hydrogen) atoms. The molecule has 1 heterocycles. The number of halogens is 1. The summed E-state index contributed by atoms with van der Waals surface area (Å²) in [6.07, 6.45) is 4.34. The van der Waals surface area contributed by atoms with Crippen molar-refractivity contribution < 1.29 is 8.81 Å². The van der Waals surface area contributed by atoms with Crippen LogP contribution < -0.4 is 5.32 Å². The minimum Gasteiger partial charge on any atom is -0.472 e. The van der Waals surface area contributed by atoms with Gasteiger partial charge in [0, 0.05) is 16.7 Å². The lowest BCUT2D eigenvalue weighted by Gasteiger charge is -2.16. The van der Waals surface area contributed by atoms with E-state index >= 15 is 0 Å². The lowest BCUT2D eigenvalue weighted by molar-refractivity contribution is 0.546. The van der Waals surface area contributed by atoms with Gasteiger partial charge in [-0.15, -0.1) is 11.8 Å². The van der Waals surface area contributed by atoms with Gasteiger partial charge in [0.1, 0.15) is 5.82 Å². The van der Waals surface area contributed by atoms with E-state index in [1.165, 1.54) is 11.6 Å². The van der Waals surface area contributed by atoms with Gasteiger partial charge in [0.2, 0.25) is 0 Å². The standard InChI is InChI=1S/C15H18FNOS/c1-2-17-13(9-12-7-8-18-10-12)11-19-15-6-4-3-5-14(15)16/h3-8,10,13,17H,2,9,11H2,1H3. The molecule has 4 heteroatoms. The van der Waals surface area contributed by atoms with Crippen molar-refractivity contribution in [3.63, 3.8) is 0 Å². The van der Waals surface area contributed by atoms with Crippen LogP contribution in [-0.2, 0) is 6.42 Å². The zero-order valence-corrected chi connectivity index (χ0v) is 11.8. The second-order valence-corrected chi connectivity index (χ2v) is 5.39. The van der Waals surface area contributed by atoms with Crippen molar-refractivity contribution in [2.24, 2.45) is 0 Å². The monoisotopic (exact) mass is 279 g/mol. The molecule has 1 atom stereocenters. The summed E-state index contributed by atoms with van der Waals surface area (Å²) in [6.45, 7) is 2.98. The van der Waals surface area contributed by atoms with Crippen molar-refractivity contribution in [2.45, 2.75) is 24.3 Å². The molecule has 0 saturated carbocycles. The van der Waals surface area contributed by atoms with Gasteiger partial charge in [-0.2, -0.15) is 0 Å². The molecule has 0 aliphatic carbocycles. The van der Waals surface area contributed by atoms with Crippen molar-refractivity contribution in [3.05, 3.63) is 54.2 Å².